The van der Waals surface area contributed by atoms with E-state index in [1.807, 2.05) is 12.4 Å². The van der Waals surface area contributed by atoms with Crippen molar-refractivity contribution in [2.45, 2.75) is 103 Å². The van der Waals surface area contributed by atoms with Crippen LogP contribution in [-0.4, -0.2) is 19.9 Å². The maximum Gasteiger partial charge on any atom is 0.0716 e. The van der Waals surface area contributed by atoms with E-state index < -0.39 is 0 Å². The Hall–Kier alpha value is -16.7. The predicted molar refractivity (Wildman–Crippen MR) is 564 cm³/mol. The van der Waals surface area contributed by atoms with Crippen molar-refractivity contribution in [3.05, 3.63) is 519 Å². The van der Waals surface area contributed by atoms with Gasteiger partial charge < -0.3 is 19.6 Å². The number of anilines is 12. The minimum Gasteiger partial charge on any atom is -0.309 e. The first kappa shape index (κ1) is 76.5. The quantitative estimate of drug-likeness (QED) is 0.149. The molecule has 656 valence electrons. The Morgan fingerprint density at radius 3 is 0.814 bits per heavy atom. The average Bonchev–Trinajstić information content (AvgIpc) is 1.17. The van der Waals surface area contributed by atoms with Gasteiger partial charge in [-0.25, -0.2) is 0 Å². The molecule has 8 nitrogen and oxygen atoms in total. The maximum atomic E-state index is 4.93. The van der Waals surface area contributed by atoms with Gasteiger partial charge in [-0.2, -0.15) is 0 Å². The summed E-state index contributed by atoms with van der Waals surface area (Å²) in [5.74, 6) is 0. The van der Waals surface area contributed by atoms with Crippen molar-refractivity contribution >= 4 is 68.2 Å². The second kappa shape index (κ2) is 28.5. The third-order valence-corrected chi connectivity index (χ3v) is 34.3. The molecule has 0 N–H and O–H groups in total. The lowest BCUT2D eigenvalue weighted by Crippen LogP contribution is -2.26. The van der Waals surface area contributed by atoms with Crippen LogP contribution in [0.1, 0.15) is 178 Å². The van der Waals surface area contributed by atoms with Crippen LogP contribution < -0.4 is 19.6 Å². The Labute approximate surface area is 812 Å². The molecule has 0 saturated heterocycles. The molecule has 36 rings (SSSR count). The Bertz CT molecular complexity index is 8590. The van der Waals surface area contributed by atoms with Crippen molar-refractivity contribution in [1.29, 1.82) is 0 Å². The van der Waals surface area contributed by atoms with Gasteiger partial charge in [-0.1, -0.05) is 218 Å². The Balaban J connectivity index is 0.0000000829. The molecule has 20 aromatic rings. The first-order chi connectivity index (χ1) is 69.3. The fourth-order valence-corrected chi connectivity index (χ4v) is 28.3. The van der Waals surface area contributed by atoms with Crippen LogP contribution in [0.2, 0.25) is 0 Å². The Morgan fingerprint density at radius 1 is 0.150 bits per heavy atom. The number of hydrogen-bond acceptors (Lipinski definition) is 8. The van der Waals surface area contributed by atoms with Gasteiger partial charge in [0.1, 0.15) is 0 Å². The van der Waals surface area contributed by atoms with Gasteiger partial charge in [0.05, 0.1) is 79.6 Å². The van der Waals surface area contributed by atoms with Crippen LogP contribution in [0.4, 0.5) is 68.2 Å². The van der Waals surface area contributed by atoms with Crippen LogP contribution in [0, 0.1) is 0 Å². The van der Waals surface area contributed by atoms with E-state index in [9.17, 15) is 0 Å². The summed E-state index contributed by atoms with van der Waals surface area (Å²) in [6.45, 7) is 0. The van der Waals surface area contributed by atoms with Gasteiger partial charge in [0, 0.05) is 88.5 Å². The van der Waals surface area contributed by atoms with Crippen molar-refractivity contribution in [3.8, 4) is 89.0 Å². The summed E-state index contributed by atoms with van der Waals surface area (Å²) < 4.78 is 0. The molecule has 0 bridgehead atoms. The molecule has 0 spiro atoms. The molecule has 0 radical (unpaired) electrons. The van der Waals surface area contributed by atoms with Gasteiger partial charge in [-0.05, 0) is 392 Å². The topological polar surface area (TPSA) is 64.5 Å². The highest BCUT2D eigenvalue weighted by molar-refractivity contribution is 6.02. The predicted octanol–water partition coefficient (Wildman–Crippen LogP) is 30.0. The molecule has 0 amide bonds. The number of nitrogens with zero attached hydrogens (tertiary/aromatic N) is 8. The lowest BCUT2D eigenvalue weighted by Gasteiger charge is -2.40. The normalized spacial score (nSPS) is 14.9. The summed E-state index contributed by atoms with van der Waals surface area (Å²) in [5.41, 5.74) is 84.0. The molecule has 4 aromatic heterocycles. The molecular weight excluding hydrogens is 1700 g/mol. The molecular formula is C132H88N8. The fourth-order valence-electron chi connectivity index (χ4n) is 28.3. The average molecular weight is 1790 g/mol. The van der Waals surface area contributed by atoms with Crippen LogP contribution in [0.3, 0.4) is 0 Å². The number of pyridine rings is 4. The molecule has 0 saturated carbocycles. The van der Waals surface area contributed by atoms with Gasteiger partial charge in [0.15, 0.2) is 0 Å². The number of hydrogen-bond donors (Lipinski definition) is 0. The van der Waals surface area contributed by atoms with Crippen molar-refractivity contribution in [2.24, 2.45) is 0 Å². The van der Waals surface area contributed by atoms with Gasteiger partial charge in [-0.15, -0.1) is 0 Å². The minimum absolute atomic E-state index is 0.899. The fraction of sp³-hybridized carbons (Fsp3) is 0.121. The number of fused-ring (bicyclic) bond motifs is 44. The van der Waals surface area contributed by atoms with Crippen LogP contribution >= 0.6 is 0 Å². The van der Waals surface area contributed by atoms with Gasteiger partial charge in [0.2, 0.25) is 0 Å². The zero-order chi connectivity index (χ0) is 90.7. The van der Waals surface area contributed by atoms with E-state index in [1.165, 1.54) is 336 Å². The summed E-state index contributed by atoms with van der Waals surface area (Å²) in [6.07, 6.45) is 28.2. The summed E-state index contributed by atoms with van der Waals surface area (Å²) in [5, 5.41) is 0. The van der Waals surface area contributed by atoms with Crippen molar-refractivity contribution in [3.63, 3.8) is 0 Å². The molecule has 16 aliphatic rings. The summed E-state index contributed by atoms with van der Waals surface area (Å²) in [7, 11) is 0. The standard InChI is InChI=1S/4C33H22N2/c1-4-8-26-19(5-1)11-21-16-32-22(14-28(21)26)12-23-17-34-18-24-15-30-29-13-20-6-2-3-7-25(20)27(29)9-10-31(30)35(32)33(23)24;1-4-8-25-19(5-1)13-22-18-32-23(16-27(22)25)17-30-33-21(11-12-34-30)15-29-28-14-20-6-2-3-7-24(20)26(28)9-10-31(29)35(32)33;1-3-7-26-19(5-1)12-22-16-31-23(14-28(22)26)13-24-17-34-18-25-15-29-30(35(31)33(24)25)10-9-21-11-20-6-2-4-8-27(20)32(21)29;1-3-7-25-19(5-1)14-23-17-31-24(16-27(23)25)15-22-11-12-34-29-18-28-30(35(31)33(22)29)10-9-21-13-20-6-2-4-8-26(20)32(21)28/h1-10,14,16-18H,11-13,15H2;1-12,16,18H,13-15,17H2;1-10,14,16-18H,11-13,15H2;1-12,16-17H,13-15,18H2. The lowest BCUT2D eigenvalue weighted by molar-refractivity contribution is 0.952. The highest BCUT2D eigenvalue weighted by Crippen LogP contribution is 2.63. The zero-order valence-corrected chi connectivity index (χ0v) is 77.2. The van der Waals surface area contributed by atoms with Gasteiger partial charge in [0.25, 0.3) is 0 Å². The molecule has 8 heteroatoms. The number of benzene rings is 16. The molecule has 16 aromatic carbocycles. The molecule has 140 heavy (non-hydrogen) atoms. The second-order valence-corrected chi connectivity index (χ2v) is 41.5. The van der Waals surface area contributed by atoms with E-state index in [2.05, 4.69) is 348 Å². The second-order valence-electron chi connectivity index (χ2n) is 41.5. The first-order valence-corrected chi connectivity index (χ1v) is 50.3. The van der Waals surface area contributed by atoms with Crippen LogP contribution in [0.5, 0.6) is 0 Å². The van der Waals surface area contributed by atoms with E-state index in [1.54, 1.807) is 0 Å². The SMILES string of the molecule is c1ccc2c(c1)Cc1cc3c(cc1-2)Cc1ccnc2c1N3c1ccc3c(c1C2)-c1ccccc1C3.c1ccc2c(c1)Cc1cc3c(cc1-2)Cc1cncc2c1N3c1ccc3c(c1C2)-c1ccccc1C3.c1ccc2c(c1)Cc1cc3c(cc1-2)Cc1cncc2c1N3c1ccc3c(c1C2)Cc1ccccc1-3.c1ccc2c(c1)Cc1cc3c(cc1-2)Cc1nccc2c1N3c1ccc3c(c1C2)Cc1ccccc1-3. The molecule has 0 atom stereocenters. The summed E-state index contributed by atoms with van der Waals surface area (Å²) in [4.78, 5) is 29.4. The highest BCUT2D eigenvalue weighted by atomic mass is 15.2. The summed E-state index contributed by atoms with van der Waals surface area (Å²) >= 11 is 0. The monoisotopic (exact) mass is 1780 g/mol. The molecule has 0 fully saturated rings. The first-order valence-electron chi connectivity index (χ1n) is 50.3. The smallest absolute Gasteiger partial charge is 0.0716 e. The number of aromatic nitrogens is 4. The van der Waals surface area contributed by atoms with E-state index in [4.69, 9.17) is 19.9 Å². The molecule has 0 unspecified atom stereocenters. The van der Waals surface area contributed by atoms with E-state index in [0.29, 0.717) is 0 Å². The van der Waals surface area contributed by atoms with Crippen molar-refractivity contribution in [2.75, 3.05) is 19.6 Å². The minimum atomic E-state index is 0.899. The Morgan fingerprint density at radius 2 is 0.414 bits per heavy atom. The third kappa shape index (κ3) is 10.8. The van der Waals surface area contributed by atoms with Crippen molar-refractivity contribution < 1.29 is 0 Å². The molecule has 8 aliphatic carbocycles. The van der Waals surface area contributed by atoms with E-state index in [0.717, 1.165) is 103 Å². The van der Waals surface area contributed by atoms with Crippen LogP contribution in [-0.2, 0) is 103 Å². The van der Waals surface area contributed by atoms with E-state index in [-0.39, 0.29) is 0 Å². The molecule has 8 aliphatic heterocycles. The summed E-state index contributed by atoms with van der Waals surface area (Å²) in [6, 6.07) is 114. The highest BCUT2D eigenvalue weighted by Gasteiger charge is 2.44. The third-order valence-electron chi connectivity index (χ3n) is 34.3. The zero-order valence-electron chi connectivity index (χ0n) is 77.2. The van der Waals surface area contributed by atoms with Gasteiger partial charge >= 0.3 is 0 Å². The molecule has 12 heterocycles. The van der Waals surface area contributed by atoms with Crippen LogP contribution in [0.15, 0.2) is 340 Å². The maximum absolute atomic E-state index is 4.93. The largest absolute Gasteiger partial charge is 0.309 e. The van der Waals surface area contributed by atoms with Crippen LogP contribution in [0.25, 0.3) is 89.0 Å². The number of rotatable bonds is 0. The van der Waals surface area contributed by atoms with E-state index >= 15 is 0 Å². The van der Waals surface area contributed by atoms with Crippen molar-refractivity contribution in [1.82, 2.24) is 19.9 Å². The lowest BCUT2D eigenvalue weighted by atomic mass is 9.84. The van der Waals surface area contributed by atoms with Gasteiger partial charge in [-0.3, -0.25) is 19.9 Å². The Kier molecular flexibility index (Phi) is 15.6.